The first-order valence-electron chi connectivity index (χ1n) is 9.86. The minimum Gasteiger partial charge on any atom is -0.489 e. The lowest BCUT2D eigenvalue weighted by molar-refractivity contribution is -0.145. The fraction of sp³-hybridized carbons (Fsp3) is 0.261. The second-order valence-electron chi connectivity index (χ2n) is 7.04. The highest BCUT2D eigenvalue weighted by Gasteiger charge is 2.40. The van der Waals surface area contributed by atoms with Crippen molar-refractivity contribution in [3.8, 4) is 5.75 Å². The average molecular weight is 476 g/mol. The molecular formula is C23H22ClNO4S2. The Balaban J connectivity index is 1.73. The summed E-state index contributed by atoms with van der Waals surface area (Å²) in [5.41, 5.74) is 1.76. The molecule has 1 amide bonds. The van der Waals surface area contributed by atoms with E-state index in [-0.39, 0.29) is 10.2 Å². The summed E-state index contributed by atoms with van der Waals surface area (Å²) in [5, 5.41) is 10.2. The quantitative estimate of drug-likeness (QED) is 0.367. The fourth-order valence-electron chi connectivity index (χ4n) is 3.10. The molecule has 1 N–H and O–H groups in total. The van der Waals surface area contributed by atoms with E-state index in [1.165, 1.54) is 4.90 Å². The van der Waals surface area contributed by atoms with E-state index in [0.29, 0.717) is 35.1 Å². The van der Waals surface area contributed by atoms with Gasteiger partial charge in [-0.1, -0.05) is 79.6 Å². The molecule has 1 aliphatic heterocycles. The van der Waals surface area contributed by atoms with Gasteiger partial charge in [0.05, 0.1) is 4.91 Å². The summed E-state index contributed by atoms with van der Waals surface area (Å²) < 4.78 is 6.12. The number of thiocarbonyl (C=S) groups is 1. The maximum absolute atomic E-state index is 12.9. The van der Waals surface area contributed by atoms with Crippen LogP contribution in [0, 0.1) is 0 Å². The number of rotatable bonds is 9. The molecule has 1 atom stereocenters. The van der Waals surface area contributed by atoms with Gasteiger partial charge in [-0.2, -0.15) is 0 Å². The lowest BCUT2D eigenvalue weighted by Crippen LogP contribution is -2.43. The average Bonchev–Trinajstić information content (AvgIpc) is 3.01. The number of benzene rings is 2. The van der Waals surface area contributed by atoms with E-state index < -0.39 is 12.0 Å². The lowest BCUT2D eigenvalue weighted by atomic mass is 10.1. The molecule has 31 heavy (non-hydrogen) atoms. The third kappa shape index (κ3) is 6.09. The standard InChI is InChI=1S/C23H22ClNO4S2/c1-2-3-7-19(22(27)28)25-21(26)20(31-23(25)30)13-16-5-4-6-18(12-16)29-14-15-8-10-17(24)11-9-15/h4-6,8-13,19H,2-3,7,14H2,1H3,(H,27,28)/b20-13-/t19-/m1/s1. The number of hydrogen-bond donors (Lipinski definition) is 1. The Morgan fingerprint density at radius 1 is 1.29 bits per heavy atom. The molecule has 8 heteroatoms. The minimum absolute atomic E-state index is 0.273. The Bertz CT molecular complexity index is 1010. The van der Waals surface area contributed by atoms with Crippen LogP contribution in [0.25, 0.3) is 6.08 Å². The van der Waals surface area contributed by atoms with Crippen LogP contribution in [-0.2, 0) is 16.2 Å². The van der Waals surface area contributed by atoms with Gasteiger partial charge in [-0.05, 0) is 47.9 Å². The molecule has 0 saturated carbocycles. The first-order chi connectivity index (χ1) is 14.9. The second kappa shape index (κ2) is 10.8. The van der Waals surface area contributed by atoms with Gasteiger partial charge in [-0.15, -0.1) is 0 Å². The maximum Gasteiger partial charge on any atom is 0.326 e. The molecule has 0 unspecified atom stereocenters. The summed E-state index contributed by atoms with van der Waals surface area (Å²) in [7, 11) is 0. The third-order valence-corrected chi connectivity index (χ3v) is 6.31. The largest absolute Gasteiger partial charge is 0.489 e. The zero-order valence-electron chi connectivity index (χ0n) is 16.9. The molecule has 3 rings (SSSR count). The number of carboxylic acid groups (broad SMARTS) is 1. The summed E-state index contributed by atoms with van der Waals surface area (Å²) in [4.78, 5) is 26.2. The number of carbonyl (C=O) groups excluding carboxylic acids is 1. The molecule has 5 nitrogen and oxygen atoms in total. The van der Waals surface area contributed by atoms with E-state index in [2.05, 4.69) is 0 Å². The Labute approximate surface area is 196 Å². The number of nitrogens with zero attached hydrogens (tertiary/aromatic N) is 1. The molecule has 0 bridgehead atoms. The molecule has 2 aromatic carbocycles. The van der Waals surface area contributed by atoms with E-state index in [1.54, 1.807) is 6.08 Å². The van der Waals surface area contributed by atoms with Crippen molar-refractivity contribution in [1.29, 1.82) is 0 Å². The van der Waals surface area contributed by atoms with Gasteiger partial charge in [-0.3, -0.25) is 9.69 Å². The van der Waals surface area contributed by atoms with E-state index in [4.69, 9.17) is 28.6 Å². The van der Waals surface area contributed by atoms with Crippen molar-refractivity contribution < 1.29 is 19.4 Å². The van der Waals surface area contributed by atoms with E-state index in [9.17, 15) is 14.7 Å². The van der Waals surface area contributed by atoms with E-state index in [1.807, 2.05) is 55.5 Å². The molecule has 162 valence electrons. The molecule has 0 aliphatic carbocycles. The first kappa shape index (κ1) is 23.3. The SMILES string of the molecule is CCCC[C@H](C(=O)O)N1C(=O)/C(=C/c2cccc(OCc3ccc(Cl)cc3)c2)SC1=S. The molecular weight excluding hydrogens is 454 g/mol. The smallest absolute Gasteiger partial charge is 0.326 e. The number of amides is 1. The normalized spacial score (nSPS) is 16.1. The zero-order valence-corrected chi connectivity index (χ0v) is 19.3. The number of carboxylic acids is 1. The van der Waals surface area contributed by atoms with Crippen LogP contribution in [0.3, 0.4) is 0 Å². The van der Waals surface area contributed by atoms with Gasteiger partial charge >= 0.3 is 5.97 Å². The predicted octanol–water partition coefficient (Wildman–Crippen LogP) is 5.76. The van der Waals surface area contributed by atoms with Crippen LogP contribution in [0.15, 0.2) is 53.4 Å². The van der Waals surface area contributed by atoms with Crippen molar-refractivity contribution in [2.45, 2.75) is 38.8 Å². The van der Waals surface area contributed by atoms with Gasteiger partial charge in [-0.25, -0.2) is 4.79 Å². The number of unbranched alkanes of at least 4 members (excludes halogenated alkanes) is 1. The van der Waals surface area contributed by atoms with Crippen LogP contribution in [-0.4, -0.2) is 32.2 Å². The van der Waals surface area contributed by atoms with E-state index >= 15 is 0 Å². The minimum atomic E-state index is -1.04. The second-order valence-corrected chi connectivity index (χ2v) is 9.15. The van der Waals surface area contributed by atoms with Gasteiger partial charge in [0, 0.05) is 5.02 Å². The molecule has 2 aromatic rings. The summed E-state index contributed by atoms with van der Waals surface area (Å²) in [5.74, 6) is -0.750. The Morgan fingerprint density at radius 3 is 2.71 bits per heavy atom. The molecule has 1 aliphatic rings. The van der Waals surface area contributed by atoms with Crippen molar-refractivity contribution >= 4 is 57.9 Å². The van der Waals surface area contributed by atoms with Crippen LogP contribution in [0.2, 0.25) is 5.02 Å². The fourth-order valence-corrected chi connectivity index (χ4v) is 4.58. The highest BCUT2D eigenvalue weighted by atomic mass is 35.5. The Hall–Kier alpha value is -2.35. The number of hydrogen-bond acceptors (Lipinski definition) is 5. The summed E-state index contributed by atoms with van der Waals surface area (Å²) in [6.07, 6.45) is 3.64. The molecule has 1 saturated heterocycles. The Kier molecular flexibility index (Phi) is 8.12. The van der Waals surface area contributed by atoms with Crippen molar-refractivity contribution in [3.05, 3.63) is 69.6 Å². The van der Waals surface area contributed by atoms with Gasteiger partial charge in [0.25, 0.3) is 5.91 Å². The molecule has 1 heterocycles. The highest BCUT2D eigenvalue weighted by molar-refractivity contribution is 8.26. The summed E-state index contributed by atoms with van der Waals surface area (Å²) >= 11 is 12.3. The highest BCUT2D eigenvalue weighted by Crippen LogP contribution is 2.35. The monoisotopic (exact) mass is 475 g/mol. The predicted molar refractivity (Wildman–Crippen MR) is 128 cm³/mol. The Morgan fingerprint density at radius 2 is 2.03 bits per heavy atom. The third-order valence-electron chi connectivity index (χ3n) is 4.73. The molecule has 0 radical (unpaired) electrons. The lowest BCUT2D eigenvalue weighted by Gasteiger charge is -2.22. The number of ether oxygens (including phenoxy) is 1. The van der Waals surface area contributed by atoms with Gasteiger partial charge in [0.2, 0.25) is 0 Å². The van der Waals surface area contributed by atoms with Crippen LogP contribution in [0.4, 0.5) is 0 Å². The maximum atomic E-state index is 12.9. The summed E-state index contributed by atoms with van der Waals surface area (Å²) in [6, 6.07) is 13.8. The van der Waals surface area contributed by atoms with Crippen LogP contribution < -0.4 is 4.74 Å². The summed E-state index contributed by atoms with van der Waals surface area (Å²) in [6.45, 7) is 2.37. The molecule has 1 fully saturated rings. The van der Waals surface area contributed by atoms with Gasteiger partial charge < -0.3 is 9.84 Å². The van der Waals surface area contributed by atoms with Crippen LogP contribution in [0.5, 0.6) is 5.75 Å². The zero-order chi connectivity index (χ0) is 22.4. The topological polar surface area (TPSA) is 66.8 Å². The van der Waals surface area contributed by atoms with Crippen molar-refractivity contribution in [2.24, 2.45) is 0 Å². The number of aliphatic carboxylic acids is 1. The molecule has 0 aromatic heterocycles. The van der Waals surface area contributed by atoms with Crippen LogP contribution >= 0.6 is 35.6 Å². The van der Waals surface area contributed by atoms with Gasteiger partial charge in [0.1, 0.15) is 22.7 Å². The first-order valence-corrected chi connectivity index (χ1v) is 11.5. The van der Waals surface area contributed by atoms with Crippen molar-refractivity contribution in [2.75, 3.05) is 0 Å². The van der Waals surface area contributed by atoms with Crippen LogP contribution in [0.1, 0.15) is 37.3 Å². The van der Waals surface area contributed by atoms with Crippen molar-refractivity contribution in [1.82, 2.24) is 4.90 Å². The van der Waals surface area contributed by atoms with E-state index in [0.717, 1.165) is 29.3 Å². The van der Waals surface area contributed by atoms with Gasteiger partial charge in [0.15, 0.2) is 0 Å². The molecule has 0 spiro atoms. The van der Waals surface area contributed by atoms with Crippen molar-refractivity contribution in [3.63, 3.8) is 0 Å². The number of halogens is 1. The number of carbonyl (C=O) groups is 2. The number of thioether (sulfide) groups is 1.